The molecule has 2 saturated heterocycles. The minimum atomic E-state index is -0.785. The van der Waals surface area contributed by atoms with E-state index in [9.17, 15) is 19.1 Å². The van der Waals surface area contributed by atoms with Crippen LogP contribution in [0, 0.1) is 5.82 Å². The molecular weight excluding hydrogens is 513 g/mol. The lowest BCUT2D eigenvalue weighted by Gasteiger charge is -2.40. The van der Waals surface area contributed by atoms with Crippen molar-refractivity contribution >= 4 is 17.9 Å². The van der Waals surface area contributed by atoms with Crippen LogP contribution in [-0.2, 0) is 16.1 Å². The van der Waals surface area contributed by atoms with Crippen molar-refractivity contribution in [3.05, 3.63) is 65.5 Å². The molecule has 2 aromatic carbocycles. The van der Waals surface area contributed by atoms with Gasteiger partial charge in [0.1, 0.15) is 18.0 Å². The Labute approximate surface area is 236 Å². The van der Waals surface area contributed by atoms with Gasteiger partial charge in [-0.1, -0.05) is 36.4 Å². The lowest BCUT2D eigenvalue weighted by Crippen LogP contribution is -2.49. The Morgan fingerprint density at radius 1 is 1.05 bits per heavy atom. The van der Waals surface area contributed by atoms with Crippen LogP contribution in [0.1, 0.15) is 69.9 Å². The van der Waals surface area contributed by atoms with E-state index in [0.29, 0.717) is 43.6 Å². The van der Waals surface area contributed by atoms with Gasteiger partial charge in [0.15, 0.2) is 0 Å². The van der Waals surface area contributed by atoms with Gasteiger partial charge in [0.05, 0.1) is 5.60 Å². The van der Waals surface area contributed by atoms with E-state index >= 15 is 0 Å². The molecule has 40 heavy (non-hydrogen) atoms. The number of nitrogens with zero attached hydrogens (tertiary/aromatic N) is 2. The van der Waals surface area contributed by atoms with Crippen LogP contribution in [0.15, 0.2) is 48.5 Å². The number of likely N-dealkylation sites (tertiary alicyclic amines) is 2. The Morgan fingerprint density at radius 2 is 1.73 bits per heavy atom. The summed E-state index contributed by atoms with van der Waals surface area (Å²) in [6.45, 7) is 9.10. The van der Waals surface area contributed by atoms with E-state index < -0.39 is 17.3 Å². The summed E-state index contributed by atoms with van der Waals surface area (Å²) in [5.41, 5.74) is 0.587. The van der Waals surface area contributed by atoms with Crippen molar-refractivity contribution in [2.45, 2.75) is 76.6 Å². The van der Waals surface area contributed by atoms with Crippen LogP contribution < -0.4 is 5.32 Å². The van der Waals surface area contributed by atoms with Crippen LogP contribution in [-0.4, -0.2) is 71.0 Å². The second kappa shape index (κ2) is 13.0. The summed E-state index contributed by atoms with van der Waals surface area (Å²) in [5, 5.41) is 13.7. The fourth-order valence-electron chi connectivity index (χ4n) is 5.33. The molecule has 0 saturated carbocycles. The molecule has 0 radical (unpaired) electrons. The minimum Gasteiger partial charge on any atom is -0.444 e. The lowest BCUT2D eigenvalue weighted by atomic mass is 9.86. The molecule has 0 aliphatic carbocycles. The van der Waals surface area contributed by atoms with E-state index in [1.807, 2.05) is 51.1 Å². The fourth-order valence-corrected chi connectivity index (χ4v) is 5.33. The topological polar surface area (TPSA) is 91.3 Å². The van der Waals surface area contributed by atoms with Gasteiger partial charge in [0, 0.05) is 25.3 Å². The largest absolute Gasteiger partial charge is 0.444 e. The molecule has 4 rings (SSSR count). The van der Waals surface area contributed by atoms with Crippen molar-refractivity contribution in [3.8, 4) is 0 Å². The molecule has 0 unspecified atom stereocenters. The lowest BCUT2D eigenvalue weighted by molar-refractivity contribution is -0.0416. The van der Waals surface area contributed by atoms with Gasteiger partial charge in [-0.25, -0.2) is 14.0 Å². The molecule has 2 aromatic rings. The number of aliphatic hydroxyl groups is 1. The van der Waals surface area contributed by atoms with Gasteiger partial charge in [-0.15, -0.1) is 0 Å². The Morgan fingerprint density at radius 3 is 2.35 bits per heavy atom. The van der Waals surface area contributed by atoms with Crippen molar-refractivity contribution < 1.29 is 28.6 Å². The Hall–Kier alpha value is -3.17. The molecule has 0 atom stereocenters. The Bertz CT molecular complexity index is 1140. The van der Waals surface area contributed by atoms with Gasteiger partial charge in [-0.2, -0.15) is 0 Å². The summed E-state index contributed by atoms with van der Waals surface area (Å²) in [5.74, 6) is -0.221. The number of carbonyl (C=O) groups excluding carboxylic acids is 2. The maximum absolute atomic E-state index is 15.0. The number of hydrogen-bond donors (Lipinski definition) is 2. The average Bonchev–Trinajstić information content (AvgIpc) is 2.91. The molecule has 2 fully saturated rings. The van der Waals surface area contributed by atoms with Crippen LogP contribution in [0.4, 0.5) is 19.7 Å². The van der Waals surface area contributed by atoms with E-state index in [1.165, 1.54) is 6.07 Å². The third kappa shape index (κ3) is 8.66. The van der Waals surface area contributed by atoms with Crippen LogP contribution in [0.2, 0.25) is 0 Å². The first kappa shape index (κ1) is 29.8. The third-order valence-corrected chi connectivity index (χ3v) is 7.73. The van der Waals surface area contributed by atoms with Crippen LogP contribution in [0.3, 0.4) is 0 Å². The number of rotatable bonds is 7. The highest BCUT2D eigenvalue weighted by molar-refractivity contribution is 5.84. The molecule has 9 heteroatoms. The van der Waals surface area contributed by atoms with Crippen molar-refractivity contribution in [1.82, 2.24) is 9.80 Å². The molecule has 2 heterocycles. The maximum Gasteiger partial charge on any atom is 0.411 e. The first-order valence-corrected chi connectivity index (χ1v) is 14.2. The summed E-state index contributed by atoms with van der Waals surface area (Å²) >= 11 is 0. The second-order valence-electron chi connectivity index (χ2n) is 12.0. The number of amides is 2. The number of piperidine rings is 2. The van der Waals surface area contributed by atoms with Crippen molar-refractivity contribution in [2.24, 2.45) is 0 Å². The highest BCUT2D eigenvalue weighted by atomic mass is 19.1. The average molecular weight is 556 g/mol. The van der Waals surface area contributed by atoms with Crippen molar-refractivity contribution in [3.63, 3.8) is 0 Å². The summed E-state index contributed by atoms with van der Waals surface area (Å²) in [6.07, 6.45) is 2.43. The summed E-state index contributed by atoms with van der Waals surface area (Å²) in [7, 11) is 0. The zero-order valence-electron chi connectivity index (χ0n) is 23.8. The predicted octanol–water partition coefficient (Wildman–Crippen LogP) is 5.91. The number of anilines is 1. The van der Waals surface area contributed by atoms with Gasteiger partial charge in [-0.05, 0) is 95.1 Å². The van der Waals surface area contributed by atoms with Crippen LogP contribution in [0.25, 0.3) is 0 Å². The molecule has 8 nitrogen and oxygen atoms in total. The highest BCUT2D eigenvalue weighted by Crippen LogP contribution is 2.32. The standard InChI is InChI=1S/C31H42FN3O5/c1-30(2,3)40-29(37)35-19-14-31(38,15-20-35)13-18-34-16-11-24(12-17-34)26-10-9-25(21-27(26)32)33-28(36)39-22-23-7-5-4-6-8-23/h4-10,21,24,38H,11-20,22H2,1-3H3,(H,33,36). The number of nitrogens with one attached hydrogen (secondary N) is 1. The number of halogens is 1. The van der Waals surface area contributed by atoms with E-state index in [2.05, 4.69) is 10.2 Å². The number of hydrogen-bond acceptors (Lipinski definition) is 6. The summed E-state index contributed by atoms with van der Waals surface area (Å²) in [4.78, 5) is 28.4. The molecule has 2 N–H and O–H groups in total. The van der Waals surface area contributed by atoms with E-state index in [0.717, 1.165) is 38.0 Å². The molecule has 2 amide bonds. The highest BCUT2D eigenvalue weighted by Gasteiger charge is 2.36. The molecule has 2 aliphatic heterocycles. The Kier molecular flexibility index (Phi) is 9.68. The fraction of sp³-hybridized carbons (Fsp3) is 0.548. The molecule has 0 spiro atoms. The van der Waals surface area contributed by atoms with Crippen molar-refractivity contribution in [2.75, 3.05) is 38.0 Å². The number of benzene rings is 2. The zero-order chi connectivity index (χ0) is 28.8. The van der Waals surface area contributed by atoms with Gasteiger partial charge in [0.2, 0.25) is 0 Å². The van der Waals surface area contributed by atoms with E-state index in [4.69, 9.17) is 9.47 Å². The van der Waals surface area contributed by atoms with Gasteiger partial charge < -0.3 is 24.4 Å². The van der Waals surface area contributed by atoms with Crippen LogP contribution >= 0.6 is 0 Å². The zero-order valence-corrected chi connectivity index (χ0v) is 23.8. The maximum atomic E-state index is 15.0. The quantitative estimate of drug-likeness (QED) is 0.442. The van der Waals surface area contributed by atoms with Crippen molar-refractivity contribution in [1.29, 1.82) is 0 Å². The minimum absolute atomic E-state index is 0.107. The van der Waals surface area contributed by atoms with Gasteiger partial charge >= 0.3 is 12.2 Å². The van der Waals surface area contributed by atoms with E-state index in [1.54, 1.807) is 17.0 Å². The molecule has 2 aliphatic rings. The second-order valence-corrected chi connectivity index (χ2v) is 12.0. The molecular formula is C31H42FN3O5. The van der Waals surface area contributed by atoms with E-state index in [-0.39, 0.29) is 24.4 Å². The van der Waals surface area contributed by atoms with Gasteiger partial charge in [-0.3, -0.25) is 5.32 Å². The molecule has 218 valence electrons. The number of carbonyl (C=O) groups is 2. The molecule has 0 aromatic heterocycles. The first-order chi connectivity index (χ1) is 19.0. The SMILES string of the molecule is CC(C)(C)OC(=O)N1CCC(O)(CCN2CCC(c3ccc(NC(=O)OCc4ccccc4)cc3F)CC2)CC1. The molecule has 0 bridgehead atoms. The summed E-state index contributed by atoms with van der Waals surface area (Å²) < 4.78 is 25.6. The van der Waals surface area contributed by atoms with Crippen LogP contribution in [0.5, 0.6) is 0 Å². The summed E-state index contributed by atoms with van der Waals surface area (Å²) in [6, 6.07) is 14.2. The third-order valence-electron chi connectivity index (χ3n) is 7.73. The first-order valence-electron chi connectivity index (χ1n) is 14.2. The monoisotopic (exact) mass is 555 g/mol. The van der Waals surface area contributed by atoms with Gasteiger partial charge in [0.25, 0.3) is 0 Å². The Balaban J connectivity index is 1.18. The smallest absolute Gasteiger partial charge is 0.411 e. The normalized spacial score (nSPS) is 18.3. The predicted molar refractivity (Wildman–Crippen MR) is 152 cm³/mol. The number of ether oxygens (including phenoxy) is 2.